The Balaban J connectivity index is 1.77. The highest BCUT2D eigenvalue weighted by Gasteiger charge is 2.73. The first-order valence-corrected chi connectivity index (χ1v) is 13.0. The highest BCUT2D eigenvalue weighted by atomic mass is 19.2. The SMILES string of the molecule is Nc1c(F)cc(F)c(C23CC4(C(=O)O)CC(c5c(F)cc(F)c(N)c5F)(C2)CC(c2c(F)cc(F)c(N)c2F)(C4)C3)c1F. The average molecular weight is 615 g/mol. The van der Waals surface area contributed by atoms with Gasteiger partial charge in [0.2, 0.25) is 0 Å². The summed E-state index contributed by atoms with van der Waals surface area (Å²) in [4.78, 5) is 13.0. The molecule has 3 aromatic carbocycles. The molecule has 4 bridgehead atoms. The summed E-state index contributed by atoms with van der Waals surface area (Å²) in [6, 6.07) is 0.730. The van der Waals surface area contributed by atoms with Crippen molar-refractivity contribution < 1.29 is 49.4 Å². The van der Waals surface area contributed by atoms with Crippen LogP contribution in [0.2, 0.25) is 0 Å². The standard InChI is InChI=1S/C29H22F9N3O2/c30-10-1-13(33)22(39)19(36)16(10)26-4-27(17-11(31)2-14(34)23(40)20(17)37)6-28(5-26,9-29(7-26,8-27)25(42)43)18-12(32)3-15(35)24(41)21(18)38/h1-3H,4-9,39-41H2,(H,42,43). The summed E-state index contributed by atoms with van der Waals surface area (Å²) < 4.78 is 137. The van der Waals surface area contributed by atoms with Crippen LogP contribution in [0.3, 0.4) is 0 Å². The molecule has 0 aliphatic heterocycles. The largest absolute Gasteiger partial charge is 0.481 e. The summed E-state index contributed by atoms with van der Waals surface area (Å²) >= 11 is 0. The number of carboxylic acids is 1. The van der Waals surface area contributed by atoms with Gasteiger partial charge in [-0.3, -0.25) is 4.79 Å². The summed E-state index contributed by atoms with van der Waals surface area (Å²) in [5.74, 6) is -15.6. The van der Waals surface area contributed by atoms with Crippen molar-refractivity contribution in [2.45, 2.75) is 54.8 Å². The highest BCUT2D eigenvalue weighted by molar-refractivity contribution is 5.78. The zero-order valence-electron chi connectivity index (χ0n) is 22.0. The molecule has 0 unspecified atom stereocenters. The van der Waals surface area contributed by atoms with E-state index in [-0.39, 0.29) is 18.2 Å². The van der Waals surface area contributed by atoms with Crippen molar-refractivity contribution in [1.82, 2.24) is 0 Å². The molecule has 0 amide bonds. The van der Waals surface area contributed by atoms with E-state index in [1.54, 1.807) is 0 Å². The molecule has 0 aromatic heterocycles. The number of nitrogens with two attached hydrogens (primary N) is 3. The summed E-state index contributed by atoms with van der Waals surface area (Å²) in [7, 11) is 0. The third-order valence-electron chi connectivity index (χ3n) is 9.72. The Morgan fingerprint density at radius 1 is 0.512 bits per heavy atom. The van der Waals surface area contributed by atoms with Gasteiger partial charge in [-0.1, -0.05) is 0 Å². The van der Waals surface area contributed by atoms with E-state index in [4.69, 9.17) is 17.2 Å². The van der Waals surface area contributed by atoms with Gasteiger partial charge in [0.05, 0.1) is 5.41 Å². The zero-order valence-corrected chi connectivity index (χ0v) is 22.0. The van der Waals surface area contributed by atoms with Crippen LogP contribution in [0.25, 0.3) is 0 Å². The number of carbonyl (C=O) groups is 1. The second-order valence-electron chi connectivity index (χ2n) is 12.3. The maximum absolute atomic E-state index is 15.8. The van der Waals surface area contributed by atoms with Crippen LogP contribution in [0.4, 0.5) is 56.6 Å². The summed E-state index contributed by atoms with van der Waals surface area (Å²) in [6.07, 6.45) is -3.73. The van der Waals surface area contributed by atoms with Gasteiger partial charge in [-0.2, -0.15) is 0 Å². The molecular weight excluding hydrogens is 593 g/mol. The lowest BCUT2D eigenvalue weighted by Crippen LogP contribution is -2.68. The molecule has 4 aliphatic rings. The normalized spacial score (nSPS) is 29.3. The van der Waals surface area contributed by atoms with Crippen molar-refractivity contribution in [3.8, 4) is 0 Å². The number of hydrogen-bond acceptors (Lipinski definition) is 4. The first kappa shape index (κ1) is 29.0. The van der Waals surface area contributed by atoms with Crippen molar-refractivity contribution in [1.29, 1.82) is 0 Å². The molecule has 7 rings (SSSR count). The van der Waals surface area contributed by atoms with Gasteiger partial charge < -0.3 is 22.3 Å². The van der Waals surface area contributed by atoms with Crippen LogP contribution in [0.15, 0.2) is 18.2 Å². The smallest absolute Gasteiger partial charge is 0.309 e. The number of carboxylic acid groups (broad SMARTS) is 1. The van der Waals surface area contributed by atoms with Crippen molar-refractivity contribution in [2.75, 3.05) is 17.2 Å². The molecule has 228 valence electrons. The van der Waals surface area contributed by atoms with E-state index in [2.05, 4.69) is 0 Å². The molecular formula is C29H22F9N3O2. The van der Waals surface area contributed by atoms with E-state index in [0.29, 0.717) is 0 Å². The predicted molar refractivity (Wildman–Crippen MR) is 135 cm³/mol. The lowest BCUT2D eigenvalue weighted by atomic mass is 9.32. The molecule has 4 fully saturated rings. The van der Waals surface area contributed by atoms with E-state index in [1.165, 1.54) is 0 Å². The average Bonchev–Trinajstić information content (AvgIpc) is 2.88. The number of rotatable bonds is 4. The van der Waals surface area contributed by atoms with Gasteiger partial charge in [-0.25, -0.2) is 39.5 Å². The first-order valence-electron chi connectivity index (χ1n) is 13.0. The fraction of sp³-hybridized carbons (Fsp3) is 0.345. The van der Waals surface area contributed by atoms with Gasteiger partial charge >= 0.3 is 5.97 Å². The number of halogens is 9. The van der Waals surface area contributed by atoms with Crippen LogP contribution in [0, 0.1) is 57.8 Å². The van der Waals surface area contributed by atoms with Crippen LogP contribution in [0.5, 0.6) is 0 Å². The van der Waals surface area contributed by atoms with Gasteiger partial charge in [-0.05, 0) is 38.5 Å². The third kappa shape index (κ3) is 3.64. The second-order valence-corrected chi connectivity index (χ2v) is 12.3. The molecule has 3 aromatic rings. The zero-order chi connectivity index (χ0) is 31.6. The fourth-order valence-corrected chi connectivity index (χ4v) is 8.93. The number of aliphatic carboxylic acids is 1. The minimum atomic E-state index is -2.17. The van der Waals surface area contributed by atoms with Crippen molar-refractivity contribution >= 4 is 23.0 Å². The Morgan fingerprint density at radius 3 is 1.00 bits per heavy atom. The monoisotopic (exact) mass is 615 g/mol. The third-order valence-corrected chi connectivity index (χ3v) is 9.72. The molecule has 14 heteroatoms. The van der Waals surface area contributed by atoms with Crippen LogP contribution in [-0.2, 0) is 21.0 Å². The number of anilines is 3. The molecule has 0 saturated heterocycles. The van der Waals surface area contributed by atoms with Crippen molar-refractivity contribution in [2.24, 2.45) is 5.41 Å². The Morgan fingerprint density at radius 2 is 0.767 bits per heavy atom. The quantitative estimate of drug-likeness (QED) is 0.205. The molecule has 4 saturated carbocycles. The van der Waals surface area contributed by atoms with Crippen LogP contribution in [0.1, 0.15) is 55.2 Å². The second kappa shape index (κ2) is 8.73. The number of hydrogen-bond donors (Lipinski definition) is 4. The van der Waals surface area contributed by atoms with Crippen molar-refractivity contribution in [3.63, 3.8) is 0 Å². The highest BCUT2D eigenvalue weighted by Crippen LogP contribution is 2.75. The van der Waals surface area contributed by atoms with Gasteiger partial charge in [0.15, 0.2) is 34.9 Å². The minimum Gasteiger partial charge on any atom is -0.481 e. The van der Waals surface area contributed by atoms with E-state index in [1.807, 2.05) is 0 Å². The van der Waals surface area contributed by atoms with E-state index < -0.39 is 152 Å². The number of nitrogen functional groups attached to an aromatic ring is 3. The maximum Gasteiger partial charge on any atom is 0.309 e. The van der Waals surface area contributed by atoms with E-state index >= 15 is 26.3 Å². The molecule has 5 nitrogen and oxygen atoms in total. The Hall–Kier alpha value is -4.10. The molecule has 0 radical (unpaired) electrons. The first-order chi connectivity index (χ1) is 19.9. The summed E-state index contributed by atoms with van der Waals surface area (Å²) in [6.45, 7) is 0. The van der Waals surface area contributed by atoms with Crippen LogP contribution in [-0.4, -0.2) is 11.1 Å². The van der Waals surface area contributed by atoms with Gasteiger partial charge in [0, 0.05) is 51.1 Å². The molecule has 0 spiro atoms. The molecule has 0 atom stereocenters. The Kier molecular flexibility index (Phi) is 5.88. The van der Waals surface area contributed by atoms with Gasteiger partial charge in [0.1, 0.15) is 34.5 Å². The molecule has 7 N–H and O–H groups in total. The van der Waals surface area contributed by atoms with E-state index in [9.17, 15) is 23.1 Å². The Bertz CT molecular complexity index is 1580. The molecule has 0 heterocycles. The van der Waals surface area contributed by atoms with Gasteiger partial charge in [-0.15, -0.1) is 0 Å². The molecule has 4 aliphatic carbocycles. The lowest BCUT2D eigenvalue weighted by molar-refractivity contribution is -0.175. The lowest BCUT2D eigenvalue weighted by Gasteiger charge is -2.69. The summed E-state index contributed by atoms with van der Waals surface area (Å²) in [5, 5.41) is 10.6. The van der Waals surface area contributed by atoms with Crippen molar-refractivity contribution in [3.05, 3.63) is 87.2 Å². The maximum atomic E-state index is 15.8. The fourth-order valence-electron chi connectivity index (χ4n) is 8.93. The predicted octanol–water partition coefficient (Wildman–Crippen LogP) is 6.25. The number of benzene rings is 3. The molecule has 43 heavy (non-hydrogen) atoms. The van der Waals surface area contributed by atoms with Gasteiger partial charge in [0.25, 0.3) is 0 Å². The topological polar surface area (TPSA) is 115 Å². The van der Waals surface area contributed by atoms with E-state index in [0.717, 1.165) is 0 Å². The summed E-state index contributed by atoms with van der Waals surface area (Å²) in [5.41, 5.74) is 1.75. The van der Waals surface area contributed by atoms with Crippen LogP contribution >= 0.6 is 0 Å². The van der Waals surface area contributed by atoms with Crippen LogP contribution < -0.4 is 17.2 Å². The minimum absolute atomic E-state index is 0.243. The Labute approximate surface area is 237 Å².